The molecule has 0 aliphatic rings. The second kappa shape index (κ2) is 10.5. The van der Waals surface area contributed by atoms with Gasteiger partial charge < -0.3 is 4.52 Å². The van der Waals surface area contributed by atoms with E-state index in [-0.39, 0.29) is 6.10 Å². The van der Waals surface area contributed by atoms with Gasteiger partial charge in [0.05, 0.1) is 6.10 Å². The van der Waals surface area contributed by atoms with Crippen LogP contribution < -0.4 is 15.9 Å². The molecule has 0 spiro atoms. The van der Waals surface area contributed by atoms with Gasteiger partial charge in [0.1, 0.15) is 0 Å². The van der Waals surface area contributed by atoms with E-state index in [4.69, 9.17) is 4.52 Å². The highest BCUT2D eigenvalue weighted by atomic mass is 31.1. The third-order valence-corrected chi connectivity index (χ3v) is 10.1. The molecule has 3 heteroatoms. The maximum atomic E-state index is 6.70. The predicted molar refractivity (Wildman–Crippen MR) is 132 cm³/mol. The molecule has 0 heterocycles. The van der Waals surface area contributed by atoms with Gasteiger partial charge >= 0.3 is 0 Å². The third-order valence-electron chi connectivity index (χ3n) is 4.94. The first-order chi connectivity index (χ1) is 14.0. The summed E-state index contributed by atoms with van der Waals surface area (Å²) in [7, 11) is -1.10. The molecule has 3 aromatic carbocycles. The van der Waals surface area contributed by atoms with Crippen molar-refractivity contribution in [3.63, 3.8) is 0 Å². The molecule has 3 aromatic rings. The van der Waals surface area contributed by atoms with E-state index in [2.05, 4.69) is 120 Å². The van der Waals surface area contributed by atoms with Crippen LogP contribution >= 0.6 is 16.1 Å². The van der Waals surface area contributed by atoms with Gasteiger partial charge in [-0.25, -0.2) is 0 Å². The van der Waals surface area contributed by atoms with Gasteiger partial charge in [-0.3, -0.25) is 0 Å². The summed E-state index contributed by atoms with van der Waals surface area (Å²) in [6.45, 7) is 11.4. The SMILES string of the molecule is CC(C)P(O[C@H](C)c1ccccc1P(c1ccccc1)c1ccccc1)C(C)C. The van der Waals surface area contributed by atoms with Crippen LogP contribution in [0.4, 0.5) is 0 Å². The minimum atomic E-state index is -0.628. The Balaban J connectivity index is 2.05. The fraction of sp³-hybridized carbons (Fsp3) is 0.308. The maximum absolute atomic E-state index is 6.70. The van der Waals surface area contributed by atoms with E-state index in [0.29, 0.717) is 11.3 Å². The van der Waals surface area contributed by atoms with Gasteiger partial charge in [-0.05, 0) is 47.6 Å². The minimum absolute atomic E-state index is 0.0829. The summed E-state index contributed by atoms with van der Waals surface area (Å²) in [5, 5.41) is 4.15. The Morgan fingerprint density at radius 2 is 1.03 bits per heavy atom. The third kappa shape index (κ3) is 5.55. The van der Waals surface area contributed by atoms with Crippen molar-refractivity contribution in [2.24, 2.45) is 0 Å². The highest BCUT2D eigenvalue weighted by molar-refractivity contribution is 7.79. The zero-order valence-corrected chi connectivity index (χ0v) is 19.9. The van der Waals surface area contributed by atoms with Crippen LogP contribution in [0, 0.1) is 0 Å². The van der Waals surface area contributed by atoms with Crippen LogP contribution in [0.2, 0.25) is 0 Å². The molecule has 0 fully saturated rings. The second-order valence-corrected chi connectivity index (χ2v) is 13.0. The topological polar surface area (TPSA) is 9.23 Å². The van der Waals surface area contributed by atoms with Crippen molar-refractivity contribution in [2.75, 3.05) is 0 Å². The molecule has 0 amide bonds. The molecule has 0 aliphatic carbocycles. The van der Waals surface area contributed by atoms with Crippen LogP contribution in [-0.4, -0.2) is 11.3 Å². The monoisotopic (exact) mass is 422 g/mol. The molecule has 0 unspecified atom stereocenters. The van der Waals surface area contributed by atoms with E-state index < -0.39 is 16.1 Å². The van der Waals surface area contributed by atoms with Gasteiger partial charge in [0, 0.05) is 8.15 Å². The Morgan fingerprint density at radius 3 is 1.52 bits per heavy atom. The van der Waals surface area contributed by atoms with Crippen LogP contribution in [0.1, 0.15) is 46.3 Å². The van der Waals surface area contributed by atoms with Crippen molar-refractivity contribution in [2.45, 2.75) is 52.0 Å². The molecule has 152 valence electrons. The molecule has 29 heavy (non-hydrogen) atoms. The lowest BCUT2D eigenvalue weighted by Crippen LogP contribution is -2.24. The summed E-state index contributed by atoms with van der Waals surface area (Å²) in [5.41, 5.74) is 2.44. The van der Waals surface area contributed by atoms with Crippen LogP contribution in [0.5, 0.6) is 0 Å². The van der Waals surface area contributed by atoms with Crippen molar-refractivity contribution >= 4 is 32.0 Å². The van der Waals surface area contributed by atoms with Crippen LogP contribution in [0.25, 0.3) is 0 Å². The first-order valence-electron chi connectivity index (χ1n) is 10.4. The average Bonchev–Trinajstić information content (AvgIpc) is 2.73. The fourth-order valence-electron chi connectivity index (χ4n) is 3.70. The molecule has 1 atom stereocenters. The largest absolute Gasteiger partial charge is 0.351 e. The normalized spacial score (nSPS) is 12.9. The van der Waals surface area contributed by atoms with Crippen LogP contribution in [-0.2, 0) is 4.52 Å². The lowest BCUT2D eigenvalue weighted by atomic mass is 10.1. The Hall–Kier alpha value is -1.52. The van der Waals surface area contributed by atoms with Crippen LogP contribution in [0.3, 0.4) is 0 Å². The standard InChI is InChI=1S/C26H32OP2/c1-20(2)29(21(3)4)27-22(5)25-18-12-13-19-26(25)28(23-14-8-6-9-15-23)24-16-10-7-11-17-24/h6-22H,1-5H3/t22-/m1/s1. The fourth-order valence-corrected chi connectivity index (χ4v) is 8.40. The van der Waals surface area contributed by atoms with Gasteiger partial charge in [-0.1, -0.05) is 113 Å². The zero-order chi connectivity index (χ0) is 20.8. The van der Waals surface area contributed by atoms with Crippen LogP contribution in [0.15, 0.2) is 84.9 Å². The first kappa shape index (κ1) is 22.2. The number of hydrogen-bond donors (Lipinski definition) is 0. The molecule has 0 saturated carbocycles. The second-order valence-electron chi connectivity index (χ2n) is 7.86. The van der Waals surface area contributed by atoms with E-state index >= 15 is 0 Å². The lowest BCUT2D eigenvalue weighted by Gasteiger charge is -2.31. The zero-order valence-electron chi connectivity index (χ0n) is 18.1. The molecular weight excluding hydrogens is 390 g/mol. The van der Waals surface area contributed by atoms with E-state index in [0.717, 1.165) is 0 Å². The number of hydrogen-bond acceptors (Lipinski definition) is 1. The molecule has 0 saturated heterocycles. The van der Waals surface area contributed by atoms with Crippen molar-refractivity contribution < 1.29 is 4.52 Å². The summed E-state index contributed by atoms with van der Waals surface area (Å²) >= 11 is 0. The molecule has 0 N–H and O–H groups in total. The van der Waals surface area contributed by atoms with Crippen molar-refractivity contribution in [1.82, 2.24) is 0 Å². The lowest BCUT2D eigenvalue weighted by molar-refractivity contribution is 0.250. The van der Waals surface area contributed by atoms with Gasteiger partial charge in [-0.15, -0.1) is 0 Å². The molecule has 0 bridgehead atoms. The Kier molecular flexibility index (Phi) is 8.02. The first-order valence-corrected chi connectivity index (χ1v) is 13.2. The summed E-state index contributed by atoms with van der Waals surface area (Å²) in [5.74, 6) is 0. The Bertz CT molecular complexity index is 830. The predicted octanol–water partition coefficient (Wildman–Crippen LogP) is 6.74. The Labute approximate surface area is 179 Å². The van der Waals surface area contributed by atoms with Gasteiger partial charge in [-0.2, -0.15) is 0 Å². The molecule has 3 rings (SSSR count). The smallest absolute Gasteiger partial charge is 0.0846 e. The van der Waals surface area contributed by atoms with Gasteiger partial charge in [0.15, 0.2) is 0 Å². The highest BCUT2D eigenvalue weighted by Crippen LogP contribution is 2.51. The van der Waals surface area contributed by atoms with Gasteiger partial charge in [0.2, 0.25) is 0 Å². The van der Waals surface area contributed by atoms with Crippen molar-refractivity contribution in [3.8, 4) is 0 Å². The maximum Gasteiger partial charge on any atom is 0.0846 e. The summed E-state index contributed by atoms with van der Waals surface area (Å²) < 4.78 is 6.70. The minimum Gasteiger partial charge on any atom is -0.351 e. The molecule has 1 nitrogen and oxygen atoms in total. The average molecular weight is 422 g/mol. The molecule has 0 aliphatic heterocycles. The van der Waals surface area contributed by atoms with Crippen molar-refractivity contribution in [3.05, 3.63) is 90.5 Å². The number of rotatable bonds is 8. The van der Waals surface area contributed by atoms with E-state index in [9.17, 15) is 0 Å². The van der Waals surface area contributed by atoms with E-state index in [1.54, 1.807) is 0 Å². The number of benzene rings is 3. The quantitative estimate of drug-likeness (QED) is 0.366. The molecular formula is C26H32OP2. The summed E-state index contributed by atoms with van der Waals surface area (Å²) in [6, 6.07) is 30.7. The van der Waals surface area contributed by atoms with E-state index in [1.807, 2.05) is 0 Å². The summed E-state index contributed by atoms with van der Waals surface area (Å²) in [4.78, 5) is 0. The Morgan fingerprint density at radius 1 is 0.586 bits per heavy atom. The molecule has 0 radical (unpaired) electrons. The van der Waals surface area contributed by atoms with E-state index in [1.165, 1.54) is 21.5 Å². The summed E-state index contributed by atoms with van der Waals surface area (Å²) in [6.07, 6.45) is 0.0829. The molecule has 0 aromatic heterocycles. The highest BCUT2D eigenvalue weighted by Gasteiger charge is 2.25. The van der Waals surface area contributed by atoms with Crippen molar-refractivity contribution in [1.29, 1.82) is 0 Å². The van der Waals surface area contributed by atoms with Gasteiger partial charge in [0.25, 0.3) is 0 Å².